The highest BCUT2D eigenvalue weighted by Crippen LogP contribution is 2.16. The largest absolute Gasteiger partial charge is 0.296 e. The molecular weight excluding hydrogens is 346 g/mol. The predicted molar refractivity (Wildman–Crippen MR) is 102 cm³/mol. The quantitative estimate of drug-likeness (QED) is 0.812. The van der Waals surface area contributed by atoms with Gasteiger partial charge in [-0.3, -0.25) is 4.90 Å². The number of nitrogens with zero attached hydrogens (tertiary/aromatic N) is 3. The molecule has 2 aromatic carbocycles. The average Bonchev–Trinajstić information content (AvgIpc) is 2.62. The SMILES string of the molecule is Cc1cccc(CN2CCN(S(=O)(=O)Cc3ccc(C#N)cc3)CC2)c1. The lowest BCUT2D eigenvalue weighted by Crippen LogP contribution is -2.48. The molecule has 0 bridgehead atoms. The molecule has 0 aromatic heterocycles. The Balaban J connectivity index is 1.57. The van der Waals surface area contributed by atoms with Crippen LogP contribution in [0, 0.1) is 18.3 Å². The zero-order valence-electron chi connectivity index (χ0n) is 14.9. The minimum absolute atomic E-state index is 0.0173. The minimum Gasteiger partial charge on any atom is -0.296 e. The monoisotopic (exact) mass is 369 g/mol. The van der Waals surface area contributed by atoms with Crippen molar-refractivity contribution in [2.24, 2.45) is 0 Å². The highest BCUT2D eigenvalue weighted by atomic mass is 32.2. The third-order valence-electron chi connectivity index (χ3n) is 4.65. The van der Waals surface area contributed by atoms with Gasteiger partial charge in [-0.15, -0.1) is 0 Å². The molecule has 6 heteroatoms. The Bertz CT molecular complexity index is 893. The van der Waals surface area contributed by atoms with Crippen LogP contribution in [-0.4, -0.2) is 43.8 Å². The Labute approximate surface area is 155 Å². The summed E-state index contributed by atoms with van der Waals surface area (Å²) in [4.78, 5) is 2.29. The average molecular weight is 369 g/mol. The molecule has 0 aliphatic carbocycles. The van der Waals surface area contributed by atoms with Crippen LogP contribution in [0.15, 0.2) is 48.5 Å². The summed E-state index contributed by atoms with van der Waals surface area (Å²) in [5.74, 6) is -0.0173. The fourth-order valence-corrected chi connectivity index (χ4v) is 4.73. The Morgan fingerprint density at radius 1 is 1.00 bits per heavy atom. The summed E-state index contributed by atoms with van der Waals surface area (Å²) >= 11 is 0. The third-order valence-corrected chi connectivity index (χ3v) is 6.50. The lowest BCUT2D eigenvalue weighted by molar-refractivity contribution is 0.181. The second kappa shape index (κ2) is 8.00. The van der Waals surface area contributed by atoms with Crippen LogP contribution in [0.5, 0.6) is 0 Å². The molecule has 1 aliphatic rings. The maximum atomic E-state index is 12.7. The maximum Gasteiger partial charge on any atom is 0.218 e. The van der Waals surface area contributed by atoms with Gasteiger partial charge in [-0.05, 0) is 30.2 Å². The molecule has 1 aliphatic heterocycles. The first-order valence-corrected chi connectivity index (χ1v) is 10.3. The van der Waals surface area contributed by atoms with Crippen molar-refractivity contribution >= 4 is 10.0 Å². The topological polar surface area (TPSA) is 64.4 Å². The number of piperazine rings is 1. The molecule has 26 heavy (non-hydrogen) atoms. The van der Waals surface area contributed by atoms with Gasteiger partial charge in [0.15, 0.2) is 0 Å². The number of hydrogen-bond acceptors (Lipinski definition) is 4. The number of rotatable bonds is 5. The van der Waals surface area contributed by atoms with Crippen molar-refractivity contribution < 1.29 is 8.42 Å². The summed E-state index contributed by atoms with van der Waals surface area (Å²) in [7, 11) is -3.34. The molecule has 0 N–H and O–H groups in total. The number of sulfonamides is 1. The van der Waals surface area contributed by atoms with E-state index in [1.54, 1.807) is 28.6 Å². The number of benzene rings is 2. The van der Waals surface area contributed by atoms with Crippen LogP contribution in [-0.2, 0) is 22.3 Å². The van der Waals surface area contributed by atoms with Crippen LogP contribution in [0.2, 0.25) is 0 Å². The van der Waals surface area contributed by atoms with E-state index in [0.717, 1.165) is 19.6 Å². The van der Waals surface area contributed by atoms with Crippen molar-refractivity contribution in [2.75, 3.05) is 26.2 Å². The predicted octanol–water partition coefficient (Wildman–Crippen LogP) is 2.51. The first-order valence-electron chi connectivity index (χ1n) is 8.71. The molecule has 1 fully saturated rings. The fourth-order valence-electron chi connectivity index (χ4n) is 3.21. The molecule has 0 unspecified atom stereocenters. The van der Waals surface area contributed by atoms with Crippen molar-refractivity contribution in [3.05, 3.63) is 70.8 Å². The van der Waals surface area contributed by atoms with Gasteiger partial charge in [-0.25, -0.2) is 8.42 Å². The van der Waals surface area contributed by atoms with Gasteiger partial charge >= 0.3 is 0 Å². The van der Waals surface area contributed by atoms with Crippen LogP contribution in [0.1, 0.15) is 22.3 Å². The van der Waals surface area contributed by atoms with E-state index < -0.39 is 10.0 Å². The first-order chi connectivity index (χ1) is 12.5. The van der Waals surface area contributed by atoms with Crippen molar-refractivity contribution in [1.82, 2.24) is 9.21 Å². The van der Waals surface area contributed by atoms with E-state index in [0.29, 0.717) is 24.2 Å². The van der Waals surface area contributed by atoms with Crippen LogP contribution in [0.3, 0.4) is 0 Å². The normalized spacial score (nSPS) is 16.3. The van der Waals surface area contributed by atoms with Gasteiger partial charge in [0.05, 0.1) is 17.4 Å². The Morgan fingerprint density at radius 2 is 1.69 bits per heavy atom. The summed E-state index contributed by atoms with van der Waals surface area (Å²) in [6.45, 7) is 5.44. The maximum absolute atomic E-state index is 12.7. The van der Waals surface area contributed by atoms with E-state index in [-0.39, 0.29) is 5.75 Å². The molecule has 0 atom stereocenters. The lowest BCUT2D eigenvalue weighted by Gasteiger charge is -2.34. The highest BCUT2D eigenvalue weighted by molar-refractivity contribution is 7.88. The van der Waals surface area contributed by atoms with Crippen molar-refractivity contribution in [3.63, 3.8) is 0 Å². The standard InChI is InChI=1S/C20H23N3O2S/c1-17-3-2-4-20(13-17)15-22-9-11-23(12-10-22)26(24,25)16-19-7-5-18(14-21)6-8-19/h2-8,13H,9-12,15-16H2,1H3. The van der Waals surface area contributed by atoms with Crippen LogP contribution in [0.25, 0.3) is 0 Å². The number of hydrogen-bond donors (Lipinski definition) is 0. The van der Waals surface area contributed by atoms with Gasteiger partial charge in [0.2, 0.25) is 10.0 Å². The van der Waals surface area contributed by atoms with Crippen molar-refractivity contribution in [3.8, 4) is 6.07 Å². The second-order valence-corrected chi connectivity index (χ2v) is 8.70. The summed E-state index contributed by atoms with van der Waals surface area (Å²) in [5.41, 5.74) is 3.76. The van der Waals surface area contributed by atoms with E-state index in [1.165, 1.54) is 11.1 Å². The van der Waals surface area contributed by atoms with Crippen LogP contribution in [0.4, 0.5) is 0 Å². The fraction of sp³-hybridized carbons (Fsp3) is 0.350. The summed E-state index contributed by atoms with van der Waals surface area (Å²) in [5, 5.41) is 8.83. The zero-order chi connectivity index (χ0) is 18.6. The Morgan fingerprint density at radius 3 is 2.31 bits per heavy atom. The molecule has 2 aromatic rings. The zero-order valence-corrected chi connectivity index (χ0v) is 15.7. The number of aryl methyl sites for hydroxylation is 1. The van der Waals surface area contributed by atoms with Crippen LogP contribution >= 0.6 is 0 Å². The molecule has 0 spiro atoms. The summed E-state index contributed by atoms with van der Waals surface area (Å²) in [6.07, 6.45) is 0. The molecule has 3 rings (SSSR count). The van der Waals surface area contributed by atoms with Gasteiger partial charge in [0.25, 0.3) is 0 Å². The molecular formula is C20H23N3O2S. The van der Waals surface area contributed by atoms with Gasteiger partial charge in [0.1, 0.15) is 0 Å². The van der Waals surface area contributed by atoms with Gasteiger partial charge in [0, 0.05) is 32.7 Å². The molecule has 5 nitrogen and oxygen atoms in total. The van der Waals surface area contributed by atoms with E-state index in [1.807, 2.05) is 6.07 Å². The van der Waals surface area contributed by atoms with Gasteiger partial charge in [-0.2, -0.15) is 9.57 Å². The van der Waals surface area contributed by atoms with Gasteiger partial charge < -0.3 is 0 Å². The smallest absolute Gasteiger partial charge is 0.218 e. The first kappa shape index (κ1) is 18.6. The highest BCUT2D eigenvalue weighted by Gasteiger charge is 2.27. The molecule has 0 saturated carbocycles. The van der Waals surface area contributed by atoms with E-state index in [9.17, 15) is 8.42 Å². The van der Waals surface area contributed by atoms with E-state index >= 15 is 0 Å². The molecule has 136 valence electrons. The Hall–Kier alpha value is -2.20. The minimum atomic E-state index is -3.34. The van der Waals surface area contributed by atoms with E-state index in [4.69, 9.17) is 5.26 Å². The number of nitriles is 1. The summed E-state index contributed by atoms with van der Waals surface area (Å²) < 4.78 is 26.9. The third kappa shape index (κ3) is 4.70. The van der Waals surface area contributed by atoms with Crippen LogP contribution < -0.4 is 0 Å². The molecule has 0 radical (unpaired) electrons. The summed E-state index contributed by atoms with van der Waals surface area (Å²) in [6, 6.07) is 17.2. The van der Waals surface area contributed by atoms with Crippen molar-refractivity contribution in [2.45, 2.75) is 19.2 Å². The van der Waals surface area contributed by atoms with Crippen molar-refractivity contribution in [1.29, 1.82) is 5.26 Å². The van der Waals surface area contributed by atoms with Gasteiger partial charge in [-0.1, -0.05) is 42.0 Å². The second-order valence-electron chi connectivity index (χ2n) is 6.73. The Kier molecular flexibility index (Phi) is 5.72. The lowest BCUT2D eigenvalue weighted by atomic mass is 10.1. The molecule has 0 amide bonds. The van der Waals surface area contributed by atoms with E-state index in [2.05, 4.69) is 36.1 Å². The molecule has 1 heterocycles. The molecule has 1 saturated heterocycles.